The molecule has 1 aromatic heterocycles. The summed E-state index contributed by atoms with van der Waals surface area (Å²) in [5.41, 5.74) is 7.74. The van der Waals surface area contributed by atoms with Gasteiger partial charge in [-0.3, -0.25) is 9.69 Å². The van der Waals surface area contributed by atoms with Gasteiger partial charge in [0.15, 0.2) is 5.83 Å². The largest absolute Gasteiger partial charge is 0.489 e. The summed E-state index contributed by atoms with van der Waals surface area (Å²) in [5.74, 6) is -1.88. The Balaban J connectivity index is 1.36. The van der Waals surface area contributed by atoms with Crippen LogP contribution >= 0.6 is 11.6 Å². The van der Waals surface area contributed by atoms with Crippen LogP contribution in [-0.2, 0) is 9.53 Å². The van der Waals surface area contributed by atoms with Crippen LogP contribution in [0, 0.1) is 5.82 Å². The topological polar surface area (TPSA) is 135 Å². The quantitative estimate of drug-likeness (QED) is 0.179. The maximum absolute atomic E-state index is 15.0. The molecular formula is C29H31ClF2N6O4. The van der Waals surface area contributed by atoms with E-state index in [0.717, 1.165) is 18.4 Å². The standard InChI is InChI=1S/C29H31ClF2N6O4/c1-17-13-38(14-26(17)41-9-8-39)7-4-22(32)28(40)37-24-11-19-23(12-25(24)42-15-29(33)5-6-29)34-16-35-27(19)36-18-2-3-21(31)20(30)10-18/h2-4,10-12,16,26,39H,1,5-9,13-15,33H2,(H,37,40)(H,34,35,36)/b22-4+/t26-/m0/s1. The second-order valence-corrected chi connectivity index (χ2v) is 10.8. The van der Waals surface area contributed by atoms with Crippen molar-refractivity contribution in [3.8, 4) is 5.75 Å². The second kappa shape index (κ2) is 12.7. The van der Waals surface area contributed by atoms with E-state index in [2.05, 4.69) is 27.2 Å². The van der Waals surface area contributed by atoms with Crippen molar-refractivity contribution in [2.45, 2.75) is 24.5 Å². The monoisotopic (exact) mass is 600 g/mol. The van der Waals surface area contributed by atoms with Crippen molar-refractivity contribution in [1.82, 2.24) is 14.9 Å². The maximum atomic E-state index is 15.0. The molecule has 0 bridgehead atoms. The minimum Gasteiger partial charge on any atom is -0.489 e. The van der Waals surface area contributed by atoms with E-state index >= 15 is 0 Å². The number of aliphatic hydroxyl groups is 1. The predicted octanol–water partition coefficient (Wildman–Crippen LogP) is 4.08. The lowest BCUT2D eigenvalue weighted by Gasteiger charge is -2.17. The molecule has 2 heterocycles. The number of likely N-dealkylation sites (tertiary alicyclic amines) is 1. The third-order valence-corrected chi connectivity index (χ3v) is 7.33. The lowest BCUT2D eigenvalue weighted by Crippen LogP contribution is -2.30. The van der Waals surface area contributed by atoms with Gasteiger partial charge in [0, 0.05) is 36.8 Å². The first-order valence-corrected chi connectivity index (χ1v) is 13.7. The van der Waals surface area contributed by atoms with E-state index in [-0.39, 0.29) is 48.9 Å². The Morgan fingerprint density at radius 3 is 2.86 bits per heavy atom. The van der Waals surface area contributed by atoms with Crippen LogP contribution < -0.4 is 21.1 Å². The molecule has 1 saturated heterocycles. The summed E-state index contributed by atoms with van der Waals surface area (Å²) >= 11 is 5.92. The molecule has 0 spiro atoms. The van der Waals surface area contributed by atoms with E-state index in [1.807, 2.05) is 4.90 Å². The van der Waals surface area contributed by atoms with Crippen LogP contribution in [0.5, 0.6) is 5.75 Å². The number of fused-ring (bicyclic) bond motifs is 1. The number of halogens is 3. The van der Waals surface area contributed by atoms with E-state index in [4.69, 9.17) is 31.9 Å². The molecule has 10 nitrogen and oxygen atoms in total. The normalized spacial score (nSPS) is 18.4. The molecule has 1 atom stereocenters. The number of carbonyl (C=O) groups excluding carboxylic acids is 1. The van der Waals surface area contributed by atoms with Gasteiger partial charge in [-0.15, -0.1) is 0 Å². The molecule has 3 aromatic rings. The first-order chi connectivity index (χ1) is 20.1. The number of hydrogen-bond acceptors (Lipinski definition) is 9. The fourth-order valence-corrected chi connectivity index (χ4v) is 4.62. The van der Waals surface area contributed by atoms with Crippen molar-refractivity contribution < 1.29 is 28.2 Å². The molecule has 5 N–H and O–H groups in total. The van der Waals surface area contributed by atoms with E-state index in [1.54, 1.807) is 12.1 Å². The molecule has 2 aromatic carbocycles. The maximum Gasteiger partial charge on any atom is 0.284 e. The zero-order chi connectivity index (χ0) is 29.9. The number of rotatable bonds is 12. The number of ether oxygens (including phenoxy) is 2. The highest BCUT2D eigenvalue weighted by Crippen LogP contribution is 2.37. The summed E-state index contributed by atoms with van der Waals surface area (Å²) in [7, 11) is 0. The van der Waals surface area contributed by atoms with Crippen LogP contribution in [0.25, 0.3) is 10.9 Å². The molecule has 1 amide bonds. The molecule has 1 aliphatic carbocycles. The molecule has 2 fully saturated rings. The first-order valence-electron chi connectivity index (χ1n) is 13.4. The number of carbonyl (C=O) groups is 1. The van der Waals surface area contributed by atoms with E-state index in [0.29, 0.717) is 35.5 Å². The molecule has 13 heteroatoms. The summed E-state index contributed by atoms with van der Waals surface area (Å²) in [6.07, 6.45) is 3.90. The van der Waals surface area contributed by atoms with Gasteiger partial charge in [0.05, 0.1) is 41.1 Å². The minimum atomic E-state index is -0.979. The zero-order valence-corrected chi connectivity index (χ0v) is 23.5. The summed E-state index contributed by atoms with van der Waals surface area (Å²) in [6, 6.07) is 7.33. The molecule has 0 radical (unpaired) electrons. The summed E-state index contributed by atoms with van der Waals surface area (Å²) in [4.78, 5) is 23.4. The van der Waals surface area contributed by atoms with E-state index in [1.165, 1.54) is 30.6 Å². The van der Waals surface area contributed by atoms with Crippen molar-refractivity contribution in [1.29, 1.82) is 0 Å². The molecular weight excluding hydrogens is 570 g/mol. The van der Waals surface area contributed by atoms with Crippen molar-refractivity contribution in [3.63, 3.8) is 0 Å². The average molecular weight is 601 g/mol. The number of aromatic nitrogens is 2. The molecule has 2 aliphatic rings. The minimum absolute atomic E-state index is 0.0634. The lowest BCUT2D eigenvalue weighted by atomic mass is 10.1. The summed E-state index contributed by atoms with van der Waals surface area (Å²) in [5, 5.41) is 15.1. The Morgan fingerprint density at radius 1 is 1.31 bits per heavy atom. The smallest absolute Gasteiger partial charge is 0.284 e. The van der Waals surface area contributed by atoms with Gasteiger partial charge >= 0.3 is 0 Å². The number of nitrogens with two attached hydrogens (primary N) is 1. The van der Waals surface area contributed by atoms with Crippen LogP contribution in [-0.4, -0.2) is 77.0 Å². The fraction of sp³-hybridized carbons (Fsp3) is 0.345. The number of nitrogens with one attached hydrogen (secondary N) is 2. The van der Waals surface area contributed by atoms with Crippen LogP contribution in [0.2, 0.25) is 5.02 Å². The highest BCUT2D eigenvalue weighted by molar-refractivity contribution is 6.31. The van der Waals surface area contributed by atoms with Crippen LogP contribution in [0.3, 0.4) is 0 Å². The number of anilines is 3. The molecule has 1 saturated carbocycles. The van der Waals surface area contributed by atoms with Crippen molar-refractivity contribution >= 4 is 45.6 Å². The number of nitrogens with zero attached hydrogens (tertiary/aromatic N) is 3. The third-order valence-electron chi connectivity index (χ3n) is 7.04. The summed E-state index contributed by atoms with van der Waals surface area (Å²) in [6.45, 7) is 5.39. The highest BCUT2D eigenvalue weighted by Gasteiger charge is 2.39. The van der Waals surface area contributed by atoms with Crippen LogP contribution in [0.4, 0.5) is 26.0 Å². The lowest BCUT2D eigenvalue weighted by molar-refractivity contribution is -0.114. The van der Waals surface area contributed by atoms with Gasteiger partial charge in [-0.05, 0) is 48.8 Å². The highest BCUT2D eigenvalue weighted by atomic mass is 35.5. The summed E-state index contributed by atoms with van der Waals surface area (Å²) < 4.78 is 40.2. The number of benzene rings is 2. The van der Waals surface area contributed by atoms with E-state index < -0.39 is 23.1 Å². The molecule has 222 valence electrons. The van der Waals surface area contributed by atoms with Crippen LogP contribution in [0.15, 0.2) is 60.7 Å². The Bertz CT molecular complexity index is 1530. The van der Waals surface area contributed by atoms with Crippen molar-refractivity contribution in [3.05, 3.63) is 71.6 Å². The van der Waals surface area contributed by atoms with Crippen LogP contribution in [0.1, 0.15) is 12.8 Å². The Kier molecular flexibility index (Phi) is 8.99. The molecule has 5 rings (SSSR count). The Labute approximate surface area is 246 Å². The van der Waals surface area contributed by atoms with Crippen molar-refractivity contribution in [2.75, 3.05) is 50.1 Å². The molecule has 0 unspecified atom stereocenters. The van der Waals surface area contributed by atoms with Gasteiger partial charge in [-0.2, -0.15) is 0 Å². The van der Waals surface area contributed by atoms with Gasteiger partial charge in [-0.1, -0.05) is 18.2 Å². The SMILES string of the molecule is C=C1CN(C/C=C(/F)C(=O)Nc2cc3c(Nc4ccc(F)c(Cl)c4)ncnc3cc2OCC2(N)CC2)C[C@@H]1OCCO. The number of hydrogen-bond donors (Lipinski definition) is 4. The zero-order valence-electron chi connectivity index (χ0n) is 22.7. The Hall–Kier alpha value is -3.68. The predicted molar refractivity (Wildman–Crippen MR) is 156 cm³/mol. The van der Waals surface area contributed by atoms with Gasteiger partial charge < -0.3 is 30.9 Å². The molecule has 42 heavy (non-hydrogen) atoms. The van der Waals surface area contributed by atoms with Gasteiger partial charge in [0.25, 0.3) is 5.91 Å². The number of aliphatic hydroxyl groups excluding tert-OH is 1. The third kappa shape index (κ3) is 7.20. The Morgan fingerprint density at radius 2 is 2.12 bits per heavy atom. The first kappa shape index (κ1) is 29.8. The molecule has 1 aliphatic heterocycles. The van der Waals surface area contributed by atoms with Gasteiger partial charge in [-0.25, -0.2) is 18.7 Å². The second-order valence-electron chi connectivity index (χ2n) is 10.4. The van der Waals surface area contributed by atoms with Crippen molar-refractivity contribution in [2.24, 2.45) is 5.73 Å². The van der Waals surface area contributed by atoms with Gasteiger partial charge in [0.1, 0.15) is 30.3 Å². The average Bonchev–Trinajstić information content (AvgIpc) is 3.60. The van der Waals surface area contributed by atoms with Gasteiger partial charge in [0.2, 0.25) is 0 Å². The fourth-order valence-electron chi connectivity index (χ4n) is 4.44. The van der Waals surface area contributed by atoms with E-state index in [9.17, 15) is 13.6 Å². The number of amides is 1.